The summed E-state index contributed by atoms with van der Waals surface area (Å²) in [5.41, 5.74) is 0.974. The van der Waals surface area contributed by atoms with Gasteiger partial charge in [-0.15, -0.1) is 0 Å². The molecule has 5 heteroatoms. The summed E-state index contributed by atoms with van der Waals surface area (Å²) in [6, 6.07) is 4.09. The van der Waals surface area contributed by atoms with Crippen molar-refractivity contribution in [2.75, 3.05) is 24.5 Å². The SMILES string of the molecule is CCNC1CCN(c2cc(Cl)c(Cl)cc2Cl)C1. The van der Waals surface area contributed by atoms with Crippen LogP contribution in [-0.4, -0.2) is 25.7 Å². The molecule has 0 amide bonds. The second kappa shape index (κ2) is 5.66. The van der Waals surface area contributed by atoms with E-state index in [2.05, 4.69) is 17.1 Å². The molecule has 1 saturated heterocycles. The summed E-state index contributed by atoms with van der Waals surface area (Å²) in [7, 11) is 0. The average Bonchev–Trinajstić information content (AvgIpc) is 2.72. The molecule has 94 valence electrons. The van der Waals surface area contributed by atoms with Gasteiger partial charge in [-0.05, 0) is 25.1 Å². The molecule has 2 rings (SSSR count). The van der Waals surface area contributed by atoms with Crippen LogP contribution >= 0.6 is 34.8 Å². The van der Waals surface area contributed by atoms with Crippen LogP contribution in [0.5, 0.6) is 0 Å². The monoisotopic (exact) mass is 292 g/mol. The van der Waals surface area contributed by atoms with Gasteiger partial charge in [0.15, 0.2) is 0 Å². The first-order valence-corrected chi connectivity index (χ1v) is 6.88. The summed E-state index contributed by atoms with van der Waals surface area (Å²) in [6.45, 7) is 5.07. The van der Waals surface area contributed by atoms with E-state index in [4.69, 9.17) is 34.8 Å². The van der Waals surface area contributed by atoms with Gasteiger partial charge >= 0.3 is 0 Å². The highest BCUT2D eigenvalue weighted by Crippen LogP contribution is 2.35. The van der Waals surface area contributed by atoms with Crippen LogP contribution in [0.3, 0.4) is 0 Å². The van der Waals surface area contributed by atoms with Crippen molar-refractivity contribution in [1.29, 1.82) is 0 Å². The highest BCUT2D eigenvalue weighted by molar-refractivity contribution is 6.44. The molecule has 0 bridgehead atoms. The molecule has 0 saturated carbocycles. The van der Waals surface area contributed by atoms with Gasteiger partial charge in [-0.25, -0.2) is 0 Å². The third-order valence-electron chi connectivity index (χ3n) is 3.01. The third-order valence-corrected chi connectivity index (χ3v) is 4.04. The molecule has 1 fully saturated rings. The Labute approximate surface area is 117 Å². The fourth-order valence-electron chi connectivity index (χ4n) is 2.19. The van der Waals surface area contributed by atoms with Gasteiger partial charge in [0, 0.05) is 19.1 Å². The lowest BCUT2D eigenvalue weighted by molar-refractivity contribution is 0.572. The topological polar surface area (TPSA) is 15.3 Å². The molecule has 1 aliphatic heterocycles. The second-order valence-electron chi connectivity index (χ2n) is 4.21. The summed E-state index contributed by atoms with van der Waals surface area (Å²) >= 11 is 18.2. The average molecular weight is 294 g/mol. The molecule has 1 atom stereocenters. The number of nitrogens with zero attached hydrogens (tertiary/aromatic N) is 1. The van der Waals surface area contributed by atoms with Crippen molar-refractivity contribution in [2.45, 2.75) is 19.4 Å². The largest absolute Gasteiger partial charge is 0.369 e. The molecule has 2 nitrogen and oxygen atoms in total. The molecule has 1 unspecified atom stereocenters. The maximum Gasteiger partial charge on any atom is 0.0655 e. The van der Waals surface area contributed by atoms with Crippen LogP contribution in [0.25, 0.3) is 0 Å². The van der Waals surface area contributed by atoms with E-state index in [-0.39, 0.29) is 0 Å². The van der Waals surface area contributed by atoms with Gasteiger partial charge < -0.3 is 10.2 Å². The van der Waals surface area contributed by atoms with Crippen molar-refractivity contribution in [3.8, 4) is 0 Å². The third kappa shape index (κ3) is 3.00. The van der Waals surface area contributed by atoms with E-state index in [1.165, 1.54) is 0 Å². The Morgan fingerprint density at radius 2 is 1.94 bits per heavy atom. The maximum atomic E-state index is 6.20. The minimum Gasteiger partial charge on any atom is -0.369 e. The zero-order valence-corrected chi connectivity index (χ0v) is 11.9. The summed E-state index contributed by atoms with van der Waals surface area (Å²) in [4.78, 5) is 2.25. The summed E-state index contributed by atoms with van der Waals surface area (Å²) < 4.78 is 0. The lowest BCUT2D eigenvalue weighted by Gasteiger charge is -2.21. The van der Waals surface area contributed by atoms with Crippen LogP contribution in [0.1, 0.15) is 13.3 Å². The Balaban J connectivity index is 2.16. The Morgan fingerprint density at radius 1 is 1.24 bits per heavy atom. The Hall–Kier alpha value is -0.150. The second-order valence-corrected chi connectivity index (χ2v) is 5.43. The quantitative estimate of drug-likeness (QED) is 0.852. The van der Waals surface area contributed by atoms with Gasteiger partial charge in [0.1, 0.15) is 0 Å². The Morgan fingerprint density at radius 3 is 2.65 bits per heavy atom. The fraction of sp³-hybridized carbons (Fsp3) is 0.500. The maximum absolute atomic E-state index is 6.20. The standard InChI is InChI=1S/C12H15Cl3N2/c1-2-16-8-3-4-17(7-8)12-6-10(14)9(13)5-11(12)15/h5-6,8,16H,2-4,7H2,1H3. The first-order chi connectivity index (χ1) is 8.11. The molecule has 0 aliphatic carbocycles. The zero-order chi connectivity index (χ0) is 12.4. The molecular weight excluding hydrogens is 279 g/mol. The molecular formula is C12H15Cl3N2. The fourth-order valence-corrected chi connectivity index (χ4v) is 2.85. The number of likely N-dealkylation sites (N-methyl/N-ethyl adjacent to an activating group) is 1. The van der Waals surface area contributed by atoms with E-state index < -0.39 is 0 Å². The van der Waals surface area contributed by atoms with Crippen LogP contribution in [0.2, 0.25) is 15.1 Å². The molecule has 0 radical (unpaired) electrons. The van der Waals surface area contributed by atoms with Crippen LogP contribution in [0, 0.1) is 0 Å². The molecule has 0 spiro atoms. The molecule has 0 aromatic heterocycles. The number of anilines is 1. The van der Waals surface area contributed by atoms with E-state index in [1.807, 2.05) is 6.07 Å². The zero-order valence-electron chi connectivity index (χ0n) is 9.64. The normalized spacial score (nSPS) is 20.0. The van der Waals surface area contributed by atoms with Crippen molar-refractivity contribution in [1.82, 2.24) is 5.32 Å². The molecule has 1 aromatic carbocycles. The van der Waals surface area contributed by atoms with Crippen molar-refractivity contribution in [3.63, 3.8) is 0 Å². The number of hydrogen-bond donors (Lipinski definition) is 1. The predicted octanol–water partition coefficient (Wildman–Crippen LogP) is 3.84. The summed E-state index contributed by atoms with van der Waals surface area (Å²) in [5.74, 6) is 0. The van der Waals surface area contributed by atoms with Crippen molar-refractivity contribution < 1.29 is 0 Å². The van der Waals surface area contributed by atoms with Gasteiger partial charge in [0.25, 0.3) is 0 Å². The molecule has 1 aliphatic rings. The summed E-state index contributed by atoms with van der Waals surface area (Å²) in [5, 5.41) is 5.17. The van der Waals surface area contributed by atoms with Gasteiger partial charge in [-0.2, -0.15) is 0 Å². The van der Waals surface area contributed by atoms with Gasteiger partial charge in [-0.1, -0.05) is 41.7 Å². The van der Waals surface area contributed by atoms with E-state index in [9.17, 15) is 0 Å². The molecule has 1 aromatic rings. The number of nitrogens with one attached hydrogen (secondary N) is 1. The number of benzene rings is 1. The minimum absolute atomic E-state index is 0.503. The van der Waals surface area contributed by atoms with Crippen molar-refractivity contribution >= 4 is 40.5 Å². The smallest absolute Gasteiger partial charge is 0.0655 e. The molecule has 1 N–H and O–H groups in total. The van der Waals surface area contributed by atoms with E-state index in [0.29, 0.717) is 21.1 Å². The van der Waals surface area contributed by atoms with Gasteiger partial charge in [0.2, 0.25) is 0 Å². The summed E-state index contributed by atoms with van der Waals surface area (Å²) in [6.07, 6.45) is 1.13. The predicted molar refractivity (Wildman–Crippen MR) is 75.8 cm³/mol. The van der Waals surface area contributed by atoms with Crippen LogP contribution in [-0.2, 0) is 0 Å². The lowest BCUT2D eigenvalue weighted by Crippen LogP contribution is -2.32. The first-order valence-electron chi connectivity index (χ1n) is 5.74. The van der Waals surface area contributed by atoms with Crippen LogP contribution in [0.15, 0.2) is 12.1 Å². The van der Waals surface area contributed by atoms with Crippen LogP contribution in [0.4, 0.5) is 5.69 Å². The highest BCUT2D eigenvalue weighted by Gasteiger charge is 2.23. The number of halogens is 3. The molecule has 1 heterocycles. The Kier molecular flexibility index (Phi) is 4.42. The first kappa shape index (κ1) is 13.3. The highest BCUT2D eigenvalue weighted by atomic mass is 35.5. The molecule has 17 heavy (non-hydrogen) atoms. The van der Waals surface area contributed by atoms with Crippen molar-refractivity contribution in [2.24, 2.45) is 0 Å². The van der Waals surface area contributed by atoms with E-state index in [1.54, 1.807) is 6.07 Å². The van der Waals surface area contributed by atoms with E-state index >= 15 is 0 Å². The van der Waals surface area contributed by atoms with E-state index in [0.717, 1.165) is 31.7 Å². The number of hydrogen-bond acceptors (Lipinski definition) is 2. The Bertz CT molecular complexity index is 409. The van der Waals surface area contributed by atoms with Gasteiger partial charge in [0.05, 0.1) is 20.8 Å². The van der Waals surface area contributed by atoms with Crippen LogP contribution < -0.4 is 10.2 Å². The van der Waals surface area contributed by atoms with Gasteiger partial charge in [-0.3, -0.25) is 0 Å². The van der Waals surface area contributed by atoms with Crippen molar-refractivity contribution in [3.05, 3.63) is 27.2 Å². The lowest BCUT2D eigenvalue weighted by atomic mass is 10.2. The number of rotatable bonds is 3. The minimum atomic E-state index is 0.503.